The largest absolute Gasteiger partial charge is 0.465 e. The van der Waals surface area contributed by atoms with E-state index in [0.29, 0.717) is 19.6 Å². The summed E-state index contributed by atoms with van der Waals surface area (Å²) in [5.41, 5.74) is 7.11. The molecule has 6 nitrogen and oxygen atoms in total. The summed E-state index contributed by atoms with van der Waals surface area (Å²) in [6, 6.07) is 30.2. The van der Waals surface area contributed by atoms with E-state index in [4.69, 9.17) is 4.74 Å². The van der Waals surface area contributed by atoms with Crippen molar-refractivity contribution in [2.24, 2.45) is 0 Å². The van der Waals surface area contributed by atoms with Crippen molar-refractivity contribution >= 4 is 5.97 Å². The zero-order valence-electron chi connectivity index (χ0n) is 19.8. The summed E-state index contributed by atoms with van der Waals surface area (Å²) in [5.74, 6) is -0.217. The third-order valence-electron chi connectivity index (χ3n) is 5.95. The van der Waals surface area contributed by atoms with Gasteiger partial charge < -0.3 is 4.74 Å². The van der Waals surface area contributed by atoms with E-state index in [1.165, 1.54) is 0 Å². The lowest BCUT2D eigenvalue weighted by atomic mass is 9.98. The van der Waals surface area contributed by atoms with Crippen LogP contribution in [-0.4, -0.2) is 32.6 Å². The highest BCUT2D eigenvalue weighted by atomic mass is 16.5. The Balaban J connectivity index is 1.11. The highest BCUT2D eigenvalue weighted by Crippen LogP contribution is 2.24. The maximum absolute atomic E-state index is 12.5. The van der Waals surface area contributed by atoms with Crippen molar-refractivity contribution in [3.8, 4) is 22.4 Å². The highest BCUT2D eigenvalue weighted by molar-refractivity contribution is 5.78. The Labute approximate surface area is 210 Å². The maximum atomic E-state index is 12.5. The summed E-state index contributed by atoms with van der Waals surface area (Å²) in [6.07, 6.45) is 6.35. The van der Waals surface area contributed by atoms with Gasteiger partial charge in [-0.05, 0) is 39.9 Å². The molecule has 0 aliphatic carbocycles. The third kappa shape index (κ3) is 5.91. The Morgan fingerprint density at radius 1 is 0.806 bits per heavy atom. The van der Waals surface area contributed by atoms with Gasteiger partial charge in [-0.1, -0.05) is 84.1 Å². The predicted molar refractivity (Wildman–Crippen MR) is 139 cm³/mol. The Hall–Kier alpha value is -4.58. The lowest BCUT2D eigenvalue weighted by Crippen LogP contribution is -2.11. The molecule has 0 saturated carbocycles. The van der Waals surface area contributed by atoms with Crippen LogP contribution in [0.5, 0.6) is 0 Å². The van der Waals surface area contributed by atoms with E-state index in [2.05, 4.69) is 51.7 Å². The zero-order valence-corrected chi connectivity index (χ0v) is 19.8. The van der Waals surface area contributed by atoms with Crippen LogP contribution in [0.15, 0.2) is 110 Å². The molecule has 6 heteroatoms. The second-order valence-corrected chi connectivity index (χ2v) is 8.53. The third-order valence-corrected chi connectivity index (χ3v) is 5.95. The zero-order chi connectivity index (χ0) is 24.6. The smallest absolute Gasteiger partial charge is 0.310 e. The van der Waals surface area contributed by atoms with Gasteiger partial charge in [0.2, 0.25) is 0 Å². The van der Waals surface area contributed by atoms with Crippen molar-refractivity contribution in [2.75, 3.05) is 6.61 Å². The summed E-state index contributed by atoms with van der Waals surface area (Å²) in [7, 11) is 0. The molecule has 0 bridgehead atoms. The number of benzene rings is 3. The predicted octanol–water partition coefficient (Wildman–Crippen LogP) is 5.38. The summed E-state index contributed by atoms with van der Waals surface area (Å²) in [6.45, 7) is 0.979. The van der Waals surface area contributed by atoms with E-state index in [9.17, 15) is 4.79 Å². The summed E-state index contributed by atoms with van der Waals surface area (Å²) in [4.78, 5) is 16.6. The Morgan fingerprint density at radius 2 is 1.56 bits per heavy atom. The molecule has 0 saturated heterocycles. The molecule has 0 N–H and O–H groups in total. The molecule has 5 rings (SSSR count). The van der Waals surface area contributed by atoms with Gasteiger partial charge in [-0.15, -0.1) is 5.10 Å². The topological polar surface area (TPSA) is 69.9 Å². The molecule has 0 radical (unpaired) electrons. The van der Waals surface area contributed by atoms with E-state index >= 15 is 0 Å². The molecule has 36 heavy (non-hydrogen) atoms. The van der Waals surface area contributed by atoms with Gasteiger partial charge in [0.15, 0.2) is 0 Å². The molecule has 0 unspecified atom stereocenters. The van der Waals surface area contributed by atoms with Crippen molar-refractivity contribution in [3.05, 3.63) is 126 Å². The fourth-order valence-electron chi connectivity index (χ4n) is 4.08. The normalized spacial score (nSPS) is 10.8. The van der Waals surface area contributed by atoms with Crippen LogP contribution < -0.4 is 0 Å². The first-order chi connectivity index (χ1) is 17.7. The van der Waals surface area contributed by atoms with Crippen molar-refractivity contribution in [2.45, 2.75) is 19.4 Å². The van der Waals surface area contributed by atoms with Gasteiger partial charge in [0, 0.05) is 24.4 Å². The highest BCUT2D eigenvalue weighted by Gasteiger charge is 2.10. The quantitative estimate of drug-likeness (QED) is 0.268. The number of aromatic nitrogens is 4. The van der Waals surface area contributed by atoms with Crippen LogP contribution in [0.2, 0.25) is 0 Å². The van der Waals surface area contributed by atoms with Crippen molar-refractivity contribution < 1.29 is 9.53 Å². The molecular formula is C30H26N4O2. The molecule has 2 heterocycles. The SMILES string of the molecule is O=C(Cc1ccccc1-c1ccccc1)OCCc1ccc(Cn2cc(-c3cccnc3)nn2)cc1. The van der Waals surface area contributed by atoms with Crippen LogP contribution in [0.3, 0.4) is 0 Å². The minimum absolute atomic E-state index is 0.217. The molecule has 5 aromatic rings. The minimum atomic E-state index is -0.217. The molecular weight excluding hydrogens is 448 g/mol. The lowest BCUT2D eigenvalue weighted by molar-refractivity contribution is -0.142. The molecule has 0 spiro atoms. The molecule has 3 aromatic carbocycles. The number of nitrogens with zero attached hydrogens (tertiary/aromatic N) is 4. The van der Waals surface area contributed by atoms with Crippen LogP contribution in [0.1, 0.15) is 16.7 Å². The van der Waals surface area contributed by atoms with E-state index in [1.807, 2.05) is 65.5 Å². The van der Waals surface area contributed by atoms with Crippen LogP contribution in [-0.2, 0) is 28.9 Å². The minimum Gasteiger partial charge on any atom is -0.465 e. The van der Waals surface area contributed by atoms with Crippen LogP contribution in [0, 0.1) is 0 Å². The number of pyridine rings is 1. The molecule has 0 amide bonds. The average Bonchev–Trinajstić information content (AvgIpc) is 3.39. The Morgan fingerprint density at radius 3 is 2.36 bits per heavy atom. The first kappa shape index (κ1) is 23.2. The second kappa shape index (κ2) is 11.2. The maximum Gasteiger partial charge on any atom is 0.310 e. The van der Waals surface area contributed by atoms with Gasteiger partial charge in [0.1, 0.15) is 5.69 Å². The summed E-state index contributed by atoms with van der Waals surface area (Å²) < 4.78 is 7.36. The number of hydrogen-bond acceptors (Lipinski definition) is 5. The first-order valence-electron chi connectivity index (χ1n) is 11.9. The lowest BCUT2D eigenvalue weighted by Gasteiger charge is -2.10. The van der Waals surface area contributed by atoms with Gasteiger partial charge in [-0.25, -0.2) is 4.68 Å². The van der Waals surface area contributed by atoms with Gasteiger partial charge in [-0.2, -0.15) is 0 Å². The molecule has 0 aliphatic rings. The Bertz CT molecular complexity index is 1410. The van der Waals surface area contributed by atoms with Crippen molar-refractivity contribution in [1.82, 2.24) is 20.0 Å². The summed E-state index contributed by atoms with van der Waals surface area (Å²) >= 11 is 0. The van der Waals surface area contributed by atoms with Crippen LogP contribution >= 0.6 is 0 Å². The number of esters is 1. The fourth-order valence-corrected chi connectivity index (χ4v) is 4.08. The number of hydrogen-bond donors (Lipinski definition) is 0. The van der Waals surface area contributed by atoms with Crippen molar-refractivity contribution in [3.63, 3.8) is 0 Å². The monoisotopic (exact) mass is 474 g/mol. The van der Waals surface area contributed by atoms with Crippen molar-refractivity contribution in [1.29, 1.82) is 0 Å². The number of rotatable bonds is 9. The van der Waals surface area contributed by atoms with Gasteiger partial charge in [0.05, 0.1) is 25.8 Å². The number of carbonyl (C=O) groups excluding carboxylic acids is 1. The van der Waals surface area contributed by atoms with E-state index in [1.54, 1.807) is 12.4 Å². The second-order valence-electron chi connectivity index (χ2n) is 8.53. The van der Waals surface area contributed by atoms with E-state index in [0.717, 1.165) is 39.1 Å². The molecule has 0 fully saturated rings. The molecule has 178 valence electrons. The Kier molecular flexibility index (Phi) is 7.23. The van der Waals surface area contributed by atoms with Crippen LogP contribution in [0.4, 0.5) is 0 Å². The standard InChI is InChI=1S/C30H26N4O2/c35-30(19-26-9-4-5-11-28(26)25-7-2-1-3-8-25)36-18-16-23-12-14-24(15-13-23)21-34-22-29(32-33-34)27-10-6-17-31-20-27/h1-15,17,20,22H,16,18-19,21H2. The van der Waals surface area contributed by atoms with E-state index < -0.39 is 0 Å². The summed E-state index contributed by atoms with van der Waals surface area (Å²) in [5, 5.41) is 8.45. The molecule has 2 aromatic heterocycles. The number of carbonyl (C=O) groups is 1. The molecule has 0 atom stereocenters. The molecule has 0 aliphatic heterocycles. The van der Waals surface area contributed by atoms with Crippen LogP contribution in [0.25, 0.3) is 22.4 Å². The fraction of sp³-hybridized carbons (Fsp3) is 0.133. The van der Waals surface area contributed by atoms with Gasteiger partial charge in [0.25, 0.3) is 0 Å². The number of ether oxygens (including phenoxy) is 1. The average molecular weight is 475 g/mol. The van der Waals surface area contributed by atoms with Gasteiger partial charge in [-0.3, -0.25) is 9.78 Å². The van der Waals surface area contributed by atoms with Gasteiger partial charge >= 0.3 is 5.97 Å². The first-order valence-corrected chi connectivity index (χ1v) is 11.9. The van der Waals surface area contributed by atoms with E-state index in [-0.39, 0.29) is 12.4 Å².